The Morgan fingerprint density at radius 1 is 1.29 bits per heavy atom. The van der Waals surface area contributed by atoms with Crippen molar-refractivity contribution in [1.29, 1.82) is 0 Å². The summed E-state index contributed by atoms with van der Waals surface area (Å²) in [5, 5.41) is 19.6. The quantitative estimate of drug-likeness (QED) is 0.614. The molecule has 0 radical (unpaired) electrons. The molecule has 2 atom stereocenters. The van der Waals surface area contributed by atoms with E-state index in [1.54, 1.807) is 0 Å². The standard InChI is InChI=1S/C25H29N5O4/c1-16(34-18-2-3-22-21(6-18)20-4-5-32-11-17(20)7-26-22)23-9-30(28-27-23)24-12-25(13-24)15-33-19(10-31)8-29(25)14-24/h2-3,6-7,9,16,19,31H,4-5,8,10-15H2,1H3/t16-,19?,24?,25?/m1/s1. The Hall–Kier alpha value is -2.59. The highest BCUT2D eigenvalue weighted by molar-refractivity contribution is 5.84. The third-order valence-electron chi connectivity index (χ3n) is 8.21. The number of aliphatic hydroxyl groups is 1. The molecule has 1 aromatic carbocycles. The Morgan fingerprint density at radius 3 is 3.09 bits per heavy atom. The fraction of sp³-hybridized carbons (Fsp3) is 0.560. The minimum absolute atomic E-state index is 0.0333. The summed E-state index contributed by atoms with van der Waals surface area (Å²) in [6.45, 7) is 5.85. The SMILES string of the molecule is C[C@@H](Oc1ccc2ncc3c(c2c1)CCOC3)c1cn(C23CN4CC(CO)OCC4(C2)C3)nn1. The zero-order chi connectivity index (χ0) is 22.9. The first-order valence-corrected chi connectivity index (χ1v) is 12.1. The smallest absolute Gasteiger partial charge is 0.141 e. The summed E-state index contributed by atoms with van der Waals surface area (Å²) in [5.74, 6) is 0.808. The maximum Gasteiger partial charge on any atom is 0.141 e. The molecule has 4 fully saturated rings. The van der Waals surface area contributed by atoms with Crippen molar-refractivity contribution >= 4 is 10.9 Å². The normalized spacial score (nSPS) is 31.1. The second-order valence-electron chi connectivity index (χ2n) is 10.4. The minimum Gasteiger partial charge on any atom is -0.484 e. The van der Waals surface area contributed by atoms with E-state index < -0.39 is 0 Å². The van der Waals surface area contributed by atoms with Crippen LogP contribution in [0.3, 0.4) is 0 Å². The minimum atomic E-state index is -0.224. The number of aromatic nitrogens is 4. The van der Waals surface area contributed by atoms with E-state index >= 15 is 0 Å². The third kappa shape index (κ3) is 3.04. The van der Waals surface area contributed by atoms with Gasteiger partial charge in [0.1, 0.15) is 17.5 Å². The summed E-state index contributed by atoms with van der Waals surface area (Å²) in [6.07, 6.45) is 6.59. The molecule has 4 aliphatic heterocycles. The van der Waals surface area contributed by atoms with Crippen molar-refractivity contribution in [3.05, 3.63) is 47.4 Å². The summed E-state index contributed by atoms with van der Waals surface area (Å²) in [6, 6.07) is 6.09. The van der Waals surface area contributed by atoms with Crippen LogP contribution in [0.25, 0.3) is 10.9 Å². The number of hydrogen-bond acceptors (Lipinski definition) is 8. The molecule has 5 aliphatic rings. The van der Waals surface area contributed by atoms with E-state index in [4.69, 9.17) is 14.2 Å². The number of benzene rings is 1. The van der Waals surface area contributed by atoms with Crippen LogP contribution in [0.4, 0.5) is 0 Å². The van der Waals surface area contributed by atoms with Crippen LogP contribution >= 0.6 is 0 Å². The van der Waals surface area contributed by atoms with Gasteiger partial charge in [0.2, 0.25) is 0 Å². The van der Waals surface area contributed by atoms with Gasteiger partial charge in [-0.05, 0) is 55.5 Å². The van der Waals surface area contributed by atoms with Crippen molar-refractivity contribution in [3.63, 3.8) is 0 Å². The van der Waals surface area contributed by atoms with Crippen LogP contribution in [-0.4, -0.2) is 74.5 Å². The number of aliphatic hydroxyl groups excluding tert-OH is 1. The van der Waals surface area contributed by atoms with E-state index in [0.717, 1.165) is 66.9 Å². The van der Waals surface area contributed by atoms with Gasteiger partial charge in [-0.15, -0.1) is 5.10 Å². The van der Waals surface area contributed by atoms with E-state index in [1.165, 1.54) is 5.56 Å². The van der Waals surface area contributed by atoms with E-state index in [9.17, 15) is 5.11 Å². The highest BCUT2D eigenvalue weighted by atomic mass is 16.5. The molecular formula is C25H29N5O4. The van der Waals surface area contributed by atoms with Crippen LogP contribution in [0, 0.1) is 0 Å². The van der Waals surface area contributed by atoms with Gasteiger partial charge in [-0.1, -0.05) is 5.21 Å². The highest BCUT2D eigenvalue weighted by Gasteiger charge is 2.68. The highest BCUT2D eigenvalue weighted by Crippen LogP contribution is 2.58. The molecular weight excluding hydrogens is 434 g/mol. The van der Waals surface area contributed by atoms with Gasteiger partial charge in [0.25, 0.3) is 0 Å². The predicted octanol–water partition coefficient (Wildman–Crippen LogP) is 1.97. The number of rotatable bonds is 5. The molecule has 1 spiro atoms. The summed E-state index contributed by atoms with van der Waals surface area (Å²) in [4.78, 5) is 7.06. The molecule has 9 nitrogen and oxygen atoms in total. The Morgan fingerprint density at radius 2 is 2.21 bits per heavy atom. The number of ether oxygens (including phenoxy) is 3. The van der Waals surface area contributed by atoms with Crippen molar-refractivity contribution in [2.24, 2.45) is 0 Å². The van der Waals surface area contributed by atoms with Crippen molar-refractivity contribution in [3.8, 4) is 5.75 Å². The van der Waals surface area contributed by atoms with Crippen LogP contribution in [-0.2, 0) is 28.0 Å². The van der Waals surface area contributed by atoms with Crippen molar-refractivity contribution in [2.45, 2.75) is 56.1 Å². The van der Waals surface area contributed by atoms with Gasteiger partial charge in [0.15, 0.2) is 0 Å². The second-order valence-corrected chi connectivity index (χ2v) is 10.4. The van der Waals surface area contributed by atoms with Crippen LogP contribution in [0.5, 0.6) is 5.75 Å². The molecule has 9 heteroatoms. The first kappa shape index (κ1) is 20.8. The zero-order valence-electron chi connectivity index (χ0n) is 19.3. The van der Waals surface area contributed by atoms with Crippen LogP contribution < -0.4 is 4.74 Å². The number of morpholine rings is 1. The summed E-state index contributed by atoms with van der Waals surface area (Å²) < 4.78 is 19.8. The van der Waals surface area contributed by atoms with Crippen molar-refractivity contribution < 1.29 is 19.3 Å². The maximum atomic E-state index is 9.49. The second kappa shape index (κ2) is 7.45. The molecule has 3 saturated heterocycles. The molecule has 178 valence electrons. The average Bonchev–Trinajstić information content (AvgIpc) is 3.54. The van der Waals surface area contributed by atoms with Crippen LogP contribution in [0.15, 0.2) is 30.6 Å². The predicted molar refractivity (Wildman–Crippen MR) is 123 cm³/mol. The van der Waals surface area contributed by atoms with Gasteiger partial charge >= 0.3 is 0 Å². The molecule has 2 bridgehead atoms. The molecule has 1 N–H and O–H groups in total. The van der Waals surface area contributed by atoms with E-state index in [-0.39, 0.29) is 29.9 Å². The molecule has 1 unspecified atom stereocenters. The Bertz CT molecular complexity index is 1250. The summed E-state index contributed by atoms with van der Waals surface area (Å²) in [7, 11) is 0. The number of pyridine rings is 1. The molecule has 1 aliphatic carbocycles. The van der Waals surface area contributed by atoms with Crippen LogP contribution in [0.1, 0.15) is 42.7 Å². The zero-order valence-corrected chi connectivity index (χ0v) is 19.3. The van der Waals surface area contributed by atoms with Crippen LogP contribution in [0.2, 0.25) is 0 Å². The molecule has 1 saturated carbocycles. The van der Waals surface area contributed by atoms with Gasteiger partial charge in [0, 0.05) is 30.2 Å². The fourth-order valence-corrected chi connectivity index (χ4v) is 6.48. The monoisotopic (exact) mass is 463 g/mol. The van der Waals surface area contributed by atoms with Gasteiger partial charge < -0.3 is 19.3 Å². The van der Waals surface area contributed by atoms with Crippen molar-refractivity contribution in [1.82, 2.24) is 24.9 Å². The van der Waals surface area contributed by atoms with Gasteiger partial charge in [-0.25, -0.2) is 4.68 Å². The molecule has 34 heavy (non-hydrogen) atoms. The lowest BCUT2D eigenvalue weighted by molar-refractivity contribution is -0.123. The van der Waals surface area contributed by atoms with E-state index in [2.05, 4.69) is 26.3 Å². The lowest BCUT2D eigenvalue weighted by Gasteiger charge is -2.50. The van der Waals surface area contributed by atoms with Gasteiger partial charge in [0.05, 0.1) is 49.8 Å². The van der Waals surface area contributed by atoms with Crippen molar-refractivity contribution in [2.75, 3.05) is 32.9 Å². The maximum absolute atomic E-state index is 9.49. The average molecular weight is 464 g/mol. The Labute approximate surface area is 197 Å². The lowest BCUT2D eigenvalue weighted by atomic mass is 9.67. The van der Waals surface area contributed by atoms with E-state index in [0.29, 0.717) is 13.2 Å². The number of nitrogens with zero attached hydrogens (tertiary/aromatic N) is 5. The summed E-state index contributed by atoms with van der Waals surface area (Å²) >= 11 is 0. The lowest BCUT2D eigenvalue weighted by Crippen LogP contribution is -2.60. The molecule has 6 heterocycles. The van der Waals surface area contributed by atoms with Gasteiger partial charge in [-0.3, -0.25) is 9.88 Å². The van der Waals surface area contributed by atoms with Gasteiger partial charge in [-0.2, -0.15) is 0 Å². The first-order chi connectivity index (χ1) is 16.6. The van der Waals surface area contributed by atoms with E-state index in [1.807, 2.05) is 36.1 Å². The molecule has 2 aromatic heterocycles. The Balaban J connectivity index is 1.10. The third-order valence-corrected chi connectivity index (χ3v) is 8.21. The molecule has 8 rings (SSSR count). The largest absolute Gasteiger partial charge is 0.484 e. The number of fused-ring (bicyclic) bond motifs is 3. The topological polar surface area (TPSA) is 94.8 Å². The fourth-order valence-electron chi connectivity index (χ4n) is 6.48. The molecule has 3 aromatic rings. The first-order valence-electron chi connectivity index (χ1n) is 12.1. The molecule has 0 amide bonds. The number of hydrogen-bond donors (Lipinski definition) is 1. The summed E-state index contributed by atoms with van der Waals surface area (Å²) in [5.41, 5.74) is 4.34. The Kier molecular flexibility index (Phi) is 4.55.